The van der Waals surface area contributed by atoms with Crippen molar-refractivity contribution in [2.45, 2.75) is 24.2 Å². The third-order valence-electron chi connectivity index (χ3n) is 4.55. The summed E-state index contributed by atoms with van der Waals surface area (Å²) in [6.45, 7) is 0.702. The van der Waals surface area contributed by atoms with Crippen molar-refractivity contribution in [3.63, 3.8) is 0 Å². The van der Waals surface area contributed by atoms with E-state index in [4.69, 9.17) is 11.6 Å². The van der Waals surface area contributed by atoms with Gasteiger partial charge in [0.2, 0.25) is 21.8 Å². The van der Waals surface area contributed by atoms with E-state index in [2.05, 4.69) is 10.6 Å². The predicted molar refractivity (Wildman–Crippen MR) is 111 cm³/mol. The van der Waals surface area contributed by atoms with Crippen LogP contribution in [0, 0.1) is 0 Å². The molecule has 2 aromatic rings. The number of amides is 2. The fourth-order valence-corrected chi connectivity index (χ4v) is 5.09. The van der Waals surface area contributed by atoms with Gasteiger partial charge in [0, 0.05) is 18.8 Å². The summed E-state index contributed by atoms with van der Waals surface area (Å²) in [5.41, 5.74) is 1.15. The second-order valence-corrected chi connectivity index (χ2v) is 9.06. The molecule has 1 saturated heterocycles. The molecule has 2 aromatic carbocycles. The van der Waals surface area contributed by atoms with E-state index in [9.17, 15) is 18.0 Å². The molecule has 1 aliphatic heterocycles. The Bertz CT molecular complexity index is 990. The lowest BCUT2D eigenvalue weighted by Crippen LogP contribution is -2.33. The van der Waals surface area contributed by atoms with Crippen LogP contribution in [0.4, 0.5) is 5.69 Å². The van der Waals surface area contributed by atoms with E-state index in [1.165, 1.54) is 22.5 Å². The lowest BCUT2D eigenvalue weighted by Gasteiger charge is -2.17. The van der Waals surface area contributed by atoms with Crippen LogP contribution >= 0.6 is 11.6 Å². The largest absolute Gasteiger partial charge is 0.347 e. The van der Waals surface area contributed by atoms with Crippen LogP contribution in [0.5, 0.6) is 0 Å². The molecule has 2 amide bonds. The number of sulfonamides is 1. The minimum absolute atomic E-state index is 0.0352. The molecule has 1 fully saturated rings. The van der Waals surface area contributed by atoms with E-state index in [1.54, 1.807) is 0 Å². The van der Waals surface area contributed by atoms with Crippen LogP contribution in [-0.4, -0.2) is 44.2 Å². The van der Waals surface area contributed by atoms with Gasteiger partial charge in [-0.15, -0.1) is 0 Å². The zero-order valence-electron chi connectivity index (χ0n) is 15.7. The Morgan fingerprint density at radius 1 is 1.00 bits per heavy atom. The minimum Gasteiger partial charge on any atom is -0.347 e. The first-order valence-electron chi connectivity index (χ1n) is 9.26. The first kappa shape index (κ1) is 21.3. The zero-order valence-corrected chi connectivity index (χ0v) is 17.3. The SMILES string of the molecule is O=C(Cc1ccccc1)NCC(=O)Nc1ccc(Cl)c(S(=O)(=O)N2CCCC2)c1. The summed E-state index contributed by atoms with van der Waals surface area (Å²) in [6, 6.07) is 13.5. The smallest absolute Gasteiger partial charge is 0.244 e. The van der Waals surface area contributed by atoms with E-state index >= 15 is 0 Å². The Kier molecular flexibility index (Phi) is 6.89. The summed E-state index contributed by atoms with van der Waals surface area (Å²) in [5.74, 6) is -0.738. The van der Waals surface area contributed by atoms with Crippen molar-refractivity contribution in [2.75, 3.05) is 25.0 Å². The van der Waals surface area contributed by atoms with Gasteiger partial charge in [0.25, 0.3) is 0 Å². The van der Waals surface area contributed by atoms with Gasteiger partial charge in [0.05, 0.1) is 18.0 Å². The molecule has 0 aliphatic carbocycles. The van der Waals surface area contributed by atoms with Crippen LogP contribution < -0.4 is 10.6 Å². The van der Waals surface area contributed by atoms with Crippen molar-refractivity contribution in [3.8, 4) is 0 Å². The van der Waals surface area contributed by atoms with Gasteiger partial charge in [-0.25, -0.2) is 8.42 Å². The van der Waals surface area contributed by atoms with E-state index < -0.39 is 15.9 Å². The molecular weight excluding hydrogens is 414 g/mol. The molecule has 7 nitrogen and oxygen atoms in total. The molecule has 0 unspecified atom stereocenters. The number of benzene rings is 2. The summed E-state index contributed by atoms with van der Waals surface area (Å²) in [7, 11) is -3.71. The fourth-order valence-electron chi connectivity index (χ4n) is 3.07. The number of nitrogens with zero attached hydrogens (tertiary/aromatic N) is 1. The number of carbonyl (C=O) groups excluding carboxylic acids is 2. The molecule has 3 rings (SSSR count). The monoisotopic (exact) mass is 435 g/mol. The Hall–Kier alpha value is -2.42. The van der Waals surface area contributed by atoms with Gasteiger partial charge in [-0.05, 0) is 36.6 Å². The molecule has 0 spiro atoms. The van der Waals surface area contributed by atoms with E-state index in [0.29, 0.717) is 18.8 Å². The standard InChI is InChI=1S/C20H22ClN3O4S/c21-17-9-8-16(13-18(17)29(27,28)24-10-4-5-11-24)23-20(26)14-22-19(25)12-15-6-2-1-3-7-15/h1-3,6-9,13H,4-5,10-12,14H2,(H,22,25)(H,23,26). The first-order chi connectivity index (χ1) is 13.9. The Balaban J connectivity index is 1.60. The van der Waals surface area contributed by atoms with Gasteiger partial charge in [0.15, 0.2) is 0 Å². The van der Waals surface area contributed by atoms with E-state index in [1.807, 2.05) is 30.3 Å². The Morgan fingerprint density at radius 2 is 1.69 bits per heavy atom. The third kappa shape index (κ3) is 5.56. The second-order valence-electron chi connectivity index (χ2n) is 6.74. The third-order valence-corrected chi connectivity index (χ3v) is 6.93. The molecule has 1 aliphatic rings. The highest BCUT2D eigenvalue weighted by Crippen LogP contribution is 2.29. The van der Waals surface area contributed by atoms with Crippen molar-refractivity contribution >= 4 is 39.1 Å². The van der Waals surface area contributed by atoms with Gasteiger partial charge in [-0.1, -0.05) is 41.9 Å². The molecular formula is C20H22ClN3O4S. The molecule has 154 valence electrons. The van der Waals surface area contributed by atoms with Crippen molar-refractivity contribution < 1.29 is 18.0 Å². The molecule has 1 heterocycles. The minimum atomic E-state index is -3.71. The van der Waals surface area contributed by atoms with Crippen molar-refractivity contribution in [1.82, 2.24) is 9.62 Å². The zero-order chi connectivity index (χ0) is 20.9. The van der Waals surface area contributed by atoms with Crippen LogP contribution in [-0.2, 0) is 26.0 Å². The van der Waals surface area contributed by atoms with Crippen LogP contribution in [0.15, 0.2) is 53.4 Å². The van der Waals surface area contributed by atoms with Crippen LogP contribution in [0.3, 0.4) is 0 Å². The summed E-state index contributed by atoms with van der Waals surface area (Å²) >= 11 is 6.10. The molecule has 0 atom stereocenters. The maximum atomic E-state index is 12.8. The molecule has 2 N–H and O–H groups in total. The number of rotatable bonds is 7. The van der Waals surface area contributed by atoms with Crippen molar-refractivity contribution in [3.05, 3.63) is 59.1 Å². The number of nitrogens with one attached hydrogen (secondary N) is 2. The van der Waals surface area contributed by atoms with Crippen molar-refractivity contribution in [2.24, 2.45) is 0 Å². The first-order valence-corrected chi connectivity index (χ1v) is 11.1. The molecule has 29 heavy (non-hydrogen) atoms. The molecule has 0 bridgehead atoms. The lowest BCUT2D eigenvalue weighted by atomic mass is 10.1. The quantitative estimate of drug-likeness (QED) is 0.698. The van der Waals surface area contributed by atoms with E-state index in [-0.39, 0.29) is 28.8 Å². The maximum Gasteiger partial charge on any atom is 0.244 e. The van der Waals surface area contributed by atoms with Crippen LogP contribution in [0.2, 0.25) is 5.02 Å². The molecule has 0 saturated carbocycles. The van der Waals surface area contributed by atoms with E-state index in [0.717, 1.165) is 18.4 Å². The summed E-state index contributed by atoms with van der Waals surface area (Å²) < 4.78 is 26.9. The van der Waals surface area contributed by atoms with Crippen LogP contribution in [0.1, 0.15) is 18.4 Å². The fraction of sp³-hybridized carbons (Fsp3) is 0.300. The summed E-state index contributed by atoms with van der Waals surface area (Å²) in [5, 5.41) is 5.25. The number of hydrogen-bond acceptors (Lipinski definition) is 4. The van der Waals surface area contributed by atoms with Gasteiger partial charge in [0.1, 0.15) is 4.90 Å². The highest BCUT2D eigenvalue weighted by Gasteiger charge is 2.29. The number of anilines is 1. The van der Waals surface area contributed by atoms with Crippen LogP contribution in [0.25, 0.3) is 0 Å². The van der Waals surface area contributed by atoms with Gasteiger partial charge in [-0.3, -0.25) is 9.59 Å². The average molecular weight is 436 g/mol. The number of halogens is 1. The Labute approximate surface area is 175 Å². The molecule has 0 aromatic heterocycles. The summed E-state index contributed by atoms with van der Waals surface area (Å²) in [6.07, 6.45) is 1.80. The summed E-state index contributed by atoms with van der Waals surface area (Å²) in [4.78, 5) is 24.1. The lowest BCUT2D eigenvalue weighted by molar-refractivity contribution is -0.123. The van der Waals surface area contributed by atoms with Gasteiger partial charge >= 0.3 is 0 Å². The number of carbonyl (C=O) groups is 2. The topological polar surface area (TPSA) is 95.6 Å². The highest BCUT2D eigenvalue weighted by atomic mass is 35.5. The highest BCUT2D eigenvalue weighted by molar-refractivity contribution is 7.89. The number of hydrogen-bond donors (Lipinski definition) is 2. The van der Waals surface area contributed by atoms with Gasteiger partial charge in [-0.2, -0.15) is 4.31 Å². The predicted octanol–water partition coefficient (Wildman–Crippen LogP) is 2.42. The normalized spacial score (nSPS) is 14.5. The van der Waals surface area contributed by atoms with Crippen molar-refractivity contribution in [1.29, 1.82) is 0 Å². The Morgan fingerprint density at radius 3 is 2.38 bits per heavy atom. The average Bonchev–Trinajstić information content (AvgIpc) is 3.24. The molecule has 0 radical (unpaired) electrons. The maximum absolute atomic E-state index is 12.8. The second kappa shape index (κ2) is 9.39. The van der Waals surface area contributed by atoms with Gasteiger partial charge < -0.3 is 10.6 Å². The molecule has 9 heteroatoms.